The van der Waals surface area contributed by atoms with Crippen molar-refractivity contribution in [3.8, 4) is 0 Å². The molecular formula is C6H10N2OS. The van der Waals surface area contributed by atoms with Crippen molar-refractivity contribution in [2.45, 2.75) is 0 Å². The van der Waals surface area contributed by atoms with E-state index in [4.69, 9.17) is 0 Å². The van der Waals surface area contributed by atoms with Gasteiger partial charge in [-0.3, -0.25) is 4.79 Å². The molecule has 0 aromatic rings. The van der Waals surface area contributed by atoms with E-state index < -0.39 is 0 Å². The van der Waals surface area contributed by atoms with Crippen molar-refractivity contribution in [2.24, 2.45) is 0 Å². The molecule has 1 saturated heterocycles. The summed E-state index contributed by atoms with van der Waals surface area (Å²) >= 11 is 4.65. The van der Waals surface area contributed by atoms with Crippen LogP contribution in [0.1, 0.15) is 0 Å². The number of piperazine rings is 1. The first kappa shape index (κ1) is 7.63. The molecule has 10 heavy (non-hydrogen) atoms. The summed E-state index contributed by atoms with van der Waals surface area (Å²) in [6.45, 7) is 2.74. The molecule has 0 saturated carbocycles. The van der Waals surface area contributed by atoms with E-state index in [2.05, 4.69) is 17.5 Å². The van der Waals surface area contributed by atoms with Crippen molar-refractivity contribution >= 4 is 23.5 Å². The minimum Gasteiger partial charge on any atom is -0.336 e. The van der Waals surface area contributed by atoms with Crippen LogP contribution in [-0.2, 0) is 4.79 Å². The number of hydrogen-bond donors (Lipinski definition) is 1. The van der Waals surface area contributed by atoms with Crippen LogP contribution in [0.5, 0.6) is 0 Å². The average molecular weight is 158 g/mol. The van der Waals surface area contributed by atoms with Crippen molar-refractivity contribution in [2.75, 3.05) is 26.2 Å². The van der Waals surface area contributed by atoms with Crippen molar-refractivity contribution in [3.05, 3.63) is 0 Å². The average Bonchev–Trinajstić information content (AvgIpc) is 1.94. The number of nitrogens with zero attached hydrogens (tertiary/aromatic N) is 1. The van der Waals surface area contributed by atoms with Crippen LogP contribution in [-0.4, -0.2) is 42.4 Å². The summed E-state index contributed by atoms with van der Waals surface area (Å²) in [5.74, 6) is 0.146. The molecule has 0 unspecified atom stereocenters. The Morgan fingerprint density at radius 3 is 3.20 bits per heavy atom. The van der Waals surface area contributed by atoms with Crippen LogP contribution < -0.4 is 5.32 Å². The minimum absolute atomic E-state index is 0.146. The van der Waals surface area contributed by atoms with Crippen LogP contribution in [0.2, 0.25) is 0 Å². The van der Waals surface area contributed by atoms with E-state index in [1.807, 2.05) is 0 Å². The minimum atomic E-state index is 0.146. The van der Waals surface area contributed by atoms with Gasteiger partial charge in [-0.25, -0.2) is 0 Å². The summed E-state index contributed by atoms with van der Waals surface area (Å²) in [5, 5.41) is 4.57. The predicted molar refractivity (Wildman–Crippen MR) is 43.1 cm³/mol. The lowest BCUT2D eigenvalue weighted by Crippen LogP contribution is -2.48. The molecule has 1 aliphatic heterocycles. The number of carbonyl (C=O) groups is 1. The first-order valence-electron chi connectivity index (χ1n) is 3.26. The molecule has 1 amide bonds. The van der Waals surface area contributed by atoms with Gasteiger partial charge < -0.3 is 10.2 Å². The third kappa shape index (κ3) is 1.75. The molecule has 4 heteroatoms. The maximum absolute atomic E-state index is 11.0. The van der Waals surface area contributed by atoms with Crippen molar-refractivity contribution in [1.29, 1.82) is 0 Å². The summed E-state index contributed by atoms with van der Waals surface area (Å²) in [4.78, 5) is 12.7. The van der Waals surface area contributed by atoms with E-state index in [-0.39, 0.29) is 5.91 Å². The van der Waals surface area contributed by atoms with Crippen LogP contribution in [0.4, 0.5) is 0 Å². The molecule has 0 bridgehead atoms. The second kappa shape index (κ2) is 3.63. The monoisotopic (exact) mass is 158 g/mol. The van der Waals surface area contributed by atoms with Gasteiger partial charge in [-0.2, -0.15) is 0 Å². The Morgan fingerprint density at radius 2 is 2.60 bits per heavy atom. The molecule has 1 rings (SSSR count). The topological polar surface area (TPSA) is 32.3 Å². The third-order valence-corrected chi connectivity index (χ3v) is 1.63. The first-order chi connectivity index (χ1) is 4.84. The molecule has 0 aromatic carbocycles. The summed E-state index contributed by atoms with van der Waals surface area (Å²) in [6, 6.07) is 0. The van der Waals surface area contributed by atoms with Crippen LogP contribution in [0.15, 0.2) is 0 Å². The van der Waals surface area contributed by atoms with Crippen molar-refractivity contribution in [1.82, 2.24) is 10.2 Å². The van der Waals surface area contributed by atoms with Crippen LogP contribution in [0.3, 0.4) is 0 Å². The van der Waals surface area contributed by atoms with Crippen molar-refractivity contribution < 1.29 is 4.79 Å². The standard InChI is InChI=1S/C6H10N2OS/c9-6-5-7-1-2-8(6)3-4-10/h4,7H,1-3,5H2. The molecule has 0 radical (unpaired) electrons. The number of amides is 1. The zero-order chi connectivity index (χ0) is 7.40. The van der Waals surface area contributed by atoms with Crippen molar-refractivity contribution in [3.63, 3.8) is 0 Å². The molecule has 1 fully saturated rings. The van der Waals surface area contributed by atoms with Crippen LogP contribution in [0, 0.1) is 0 Å². The number of rotatable bonds is 2. The molecule has 0 atom stereocenters. The normalized spacial score (nSPS) is 19.2. The summed E-state index contributed by atoms with van der Waals surface area (Å²) in [7, 11) is 0. The fourth-order valence-electron chi connectivity index (χ4n) is 0.929. The highest BCUT2D eigenvalue weighted by Crippen LogP contribution is 1.91. The fraction of sp³-hybridized carbons (Fsp3) is 0.667. The smallest absolute Gasteiger partial charge is 0.236 e. The number of carbonyl (C=O) groups excluding carboxylic acids is 1. The predicted octanol–water partition coefficient (Wildman–Crippen LogP) is -0.582. The Labute approximate surface area is 65.4 Å². The van der Waals surface area contributed by atoms with Gasteiger partial charge in [-0.05, 0) is 5.37 Å². The van der Waals surface area contributed by atoms with Crippen LogP contribution in [0.25, 0.3) is 0 Å². The lowest BCUT2D eigenvalue weighted by Gasteiger charge is -2.25. The Kier molecular flexibility index (Phi) is 2.77. The Balaban J connectivity index is 2.39. The summed E-state index contributed by atoms with van der Waals surface area (Å²) in [6.07, 6.45) is 0. The fourth-order valence-corrected chi connectivity index (χ4v) is 1.11. The van der Waals surface area contributed by atoms with E-state index in [0.717, 1.165) is 13.1 Å². The van der Waals surface area contributed by atoms with E-state index in [1.165, 1.54) is 0 Å². The van der Waals surface area contributed by atoms with Gasteiger partial charge in [0.1, 0.15) is 0 Å². The van der Waals surface area contributed by atoms with E-state index in [1.54, 1.807) is 10.3 Å². The Bertz CT molecular complexity index is 149. The molecule has 0 spiro atoms. The van der Waals surface area contributed by atoms with Gasteiger partial charge >= 0.3 is 0 Å². The lowest BCUT2D eigenvalue weighted by molar-refractivity contribution is -0.131. The van der Waals surface area contributed by atoms with E-state index >= 15 is 0 Å². The van der Waals surface area contributed by atoms with Gasteiger partial charge in [0.15, 0.2) is 0 Å². The van der Waals surface area contributed by atoms with Gasteiger partial charge in [0.25, 0.3) is 0 Å². The quantitative estimate of drug-likeness (QED) is 0.546. The zero-order valence-electron chi connectivity index (χ0n) is 5.67. The summed E-state index contributed by atoms with van der Waals surface area (Å²) in [5.41, 5.74) is 0. The Hall–Kier alpha value is -0.480. The highest BCUT2D eigenvalue weighted by atomic mass is 32.1. The maximum Gasteiger partial charge on any atom is 0.236 e. The summed E-state index contributed by atoms with van der Waals surface area (Å²) < 4.78 is 0. The zero-order valence-corrected chi connectivity index (χ0v) is 6.49. The van der Waals surface area contributed by atoms with Gasteiger partial charge in [-0.1, -0.05) is 12.2 Å². The largest absolute Gasteiger partial charge is 0.336 e. The molecule has 1 N–H and O–H groups in total. The number of nitrogens with one attached hydrogen (secondary N) is 1. The number of hydrogen-bond acceptors (Lipinski definition) is 3. The van der Waals surface area contributed by atoms with Gasteiger partial charge in [-0.15, -0.1) is 0 Å². The molecule has 3 nitrogen and oxygen atoms in total. The molecule has 0 aliphatic carbocycles. The SMILES string of the molecule is O=C1CNCCN1CC=S. The van der Waals surface area contributed by atoms with Crippen LogP contribution >= 0.6 is 12.2 Å². The first-order valence-corrected chi connectivity index (χ1v) is 3.74. The molecule has 0 aromatic heterocycles. The van der Waals surface area contributed by atoms with Gasteiger partial charge in [0, 0.05) is 19.6 Å². The van der Waals surface area contributed by atoms with Gasteiger partial charge in [0.05, 0.1) is 6.54 Å². The highest BCUT2D eigenvalue weighted by Gasteiger charge is 2.15. The lowest BCUT2D eigenvalue weighted by atomic mass is 10.3. The molecular weight excluding hydrogens is 148 g/mol. The van der Waals surface area contributed by atoms with Gasteiger partial charge in [0.2, 0.25) is 5.91 Å². The van der Waals surface area contributed by atoms with E-state index in [9.17, 15) is 4.79 Å². The van der Waals surface area contributed by atoms with E-state index in [0.29, 0.717) is 13.1 Å². The molecule has 1 aliphatic rings. The Morgan fingerprint density at radius 1 is 1.80 bits per heavy atom. The molecule has 56 valence electrons. The number of thiocarbonyl (C=S) groups is 1. The second-order valence-electron chi connectivity index (χ2n) is 2.18. The molecule has 1 heterocycles. The second-order valence-corrected chi connectivity index (χ2v) is 2.52. The third-order valence-electron chi connectivity index (χ3n) is 1.48. The highest BCUT2D eigenvalue weighted by molar-refractivity contribution is 7.79. The maximum atomic E-state index is 11.0.